The molecule has 0 bridgehead atoms. The molecule has 0 saturated heterocycles. The molecule has 1 aromatic carbocycles. The monoisotopic (exact) mass is 471 g/mol. The van der Waals surface area contributed by atoms with Crippen LogP contribution >= 0.6 is 0 Å². The van der Waals surface area contributed by atoms with Crippen LogP contribution in [0.5, 0.6) is 0 Å². The number of carbonyl (C=O) groups is 3. The second-order valence-corrected chi connectivity index (χ2v) is 8.83. The molecule has 0 unspecified atom stereocenters. The molecule has 0 spiro atoms. The smallest absolute Gasteiger partial charge is 0.294 e. The minimum absolute atomic E-state index is 0.148. The Bertz CT molecular complexity index is 1080. The maximum Gasteiger partial charge on any atom is 0.294 e. The number of aliphatic hydroxyl groups excluding tert-OH is 1. The number of hydrogen-bond donors (Lipinski definition) is 3. The molecule has 1 aliphatic carbocycles. The molecule has 7 nitrogen and oxygen atoms in total. The summed E-state index contributed by atoms with van der Waals surface area (Å²) in [6.07, 6.45) is 2.99. The Kier molecular flexibility index (Phi) is 8.25. The van der Waals surface area contributed by atoms with E-state index in [4.69, 9.17) is 0 Å². The van der Waals surface area contributed by atoms with Crippen molar-refractivity contribution in [3.05, 3.63) is 52.1 Å². The molecule has 1 saturated carbocycles. The van der Waals surface area contributed by atoms with Gasteiger partial charge in [0.05, 0.1) is 17.4 Å². The number of rotatable bonds is 8. The third kappa shape index (κ3) is 5.22. The lowest BCUT2D eigenvalue weighted by molar-refractivity contribution is -0.118. The number of anilines is 1. The van der Waals surface area contributed by atoms with Crippen LogP contribution in [0.2, 0.25) is 0 Å². The molecule has 1 heterocycles. The van der Waals surface area contributed by atoms with Crippen molar-refractivity contribution in [2.45, 2.75) is 84.9 Å². The number of halogens is 1. The highest BCUT2D eigenvalue weighted by molar-refractivity contribution is 6.43. The zero-order valence-corrected chi connectivity index (χ0v) is 20.3. The molecule has 2 amide bonds. The summed E-state index contributed by atoms with van der Waals surface area (Å²) >= 11 is 0. The van der Waals surface area contributed by atoms with Crippen LogP contribution in [0.4, 0.5) is 10.1 Å². The van der Waals surface area contributed by atoms with E-state index in [1.165, 1.54) is 12.1 Å². The lowest BCUT2D eigenvalue weighted by Gasteiger charge is -2.26. The van der Waals surface area contributed by atoms with Gasteiger partial charge < -0.3 is 20.3 Å². The number of amides is 2. The van der Waals surface area contributed by atoms with Gasteiger partial charge in [0.1, 0.15) is 5.82 Å². The number of ketones is 1. The molecule has 34 heavy (non-hydrogen) atoms. The SMILES string of the molecule is CCc1c(C(=O)Nc2ccc(F)c(C)c2)c(CC)n(CC)c1C(=O)C(=O)NC1CCC(O)CC1. The number of nitrogens with one attached hydrogen (secondary N) is 2. The standard InChI is InChI=1S/C26H34FN3O4/c1-5-19-22(25(33)29-17-10-13-20(27)15(4)14-17)21(6-2)30(7-3)23(19)24(32)26(34)28-16-8-11-18(31)12-9-16/h10,13-14,16,18,31H,5-9,11-12H2,1-4H3,(H,28,34)(H,29,33). The van der Waals surface area contributed by atoms with E-state index in [2.05, 4.69) is 10.6 Å². The number of aryl methyl sites for hydroxylation is 1. The zero-order chi connectivity index (χ0) is 25.0. The van der Waals surface area contributed by atoms with E-state index >= 15 is 0 Å². The zero-order valence-electron chi connectivity index (χ0n) is 20.3. The van der Waals surface area contributed by atoms with Gasteiger partial charge in [-0.1, -0.05) is 13.8 Å². The Morgan fingerprint density at radius 2 is 1.76 bits per heavy atom. The first kappa shape index (κ1) is 25.6. The predicted octanol–water partition coefficient (Wildman–Crippen LogP) is 3.94. The molecule has 1 aliphatic rings. The molecule has 1 fully saturated rings. The quantitative estimate of drug-likeness (QED) is 0.401. The maximum atomic E-state index is 13.6. The number of carbonyl (C=O) groups excluding carboxylic acids is 3. The van der Waals surface area contributed by atoms with E-state index in [1.807, 2.05) is 20.8 Å². The van der Waals surface area contributed by atoms with Gasteiger partial charge in [0.25, 0.3) is 17.6 Å². The third-order valence-corrected chi connectivity index (χ3v) is 6.57. The first-order valence-electron chi connectivity index (χ1n) is 12.1. The van der Waals surface area contributed by atoms with Gasteiger partial charge in [-0.2, -0.15) is 0 Å². The van der Waals surface area contributed by atoms with Gasteiger partial charge in [-0.25, -0.2) is 4.39 Å². The van der Waals surface area contributed by atoms with Crippen LogP contribution in [0.1, 0.15) is 84.1 Å². The van der Waals surface area contributed by atoms with Crippen LogP contribution in [0.25, 0.3) is 0 Å². The average molecular weight is 472 g/mol. The number of hydrogen-bond acceptors (Lipinski definition) is 4. The van der Waals surface area contributed by atoms with Gasteiger partial charge >= 0.3 is 0 Å². The highest BCUT2D eigenvalue weighted by Crippen LogP contribution is 2.27. The largest absolute Gasteiger partial charge is 0.393 e. The minimum atomic E-state index is -0.688. The fraction of sp³-hybridized carbons (Fsp3) is 0.500. The fourth-order valence-electron chi connectivity index (χ4n) is 4.81. The van der Waals surface area contributed by atoms with Gasteiger partial charge in [-0.3, -0.25) is 14.4 Å². The predicted molar refractivity (Wildman–Crippen MR) is 129 cm³/mol. The van der Waals surface area contributed by atoms with Crippen molar-refractivity contribution in [3.63, 3.8) is 0 Å². The van der Waals surface area contributed by atoms with E-state index in [0.717, 1.165) is 0 Å². The Hall–Kier alpha value is -3.00. The van der Waals surface area contributed by atoms with Crippen molar-refractivity contribution in [1.29, 1.82) is 0 Å². The van der Waals surface area contributed by atoms with Crippen molar-refractivity contribution >= 4 is 23.3 Å². The first-order valence-corrected chi connectivity index (χ1v) is 12.1. The molecule has 0 radical (unpaired) electrons. The summed E-state index contributed by atoms with van der Waals surface area (Å²) in [7, 11) is 0. The lowest BCUT2D eigenvalue weighted by Crippen LogP contribution is -2.42. The Labute approximate surface area is 199 Å². The Morgan fingerprint density at radius 3 is 2.32 bits per heavy atom. The van der Waals surface area contributed by atoms with E-state index in [1.54, 1.807) is 17.6 Å². The number of aliphatic hydroxyl groups is 1. The van der Waals surface area contributed by atoms with Crippen molar-refractivity contribution in [2.24, 2.45) is 0 Å². The molecule has 3 N–H and O–H groups in total. The second-order valence-electron chi connectivity index (χ2n) is 8.83. The van der Waals surface area contributed by atoms with E-state index < -0.39 is 11.7 Å². The molecule has 0 aliphatic heterocycles. The highest BCUT2D eigenvalue weighted by atomic mass is 19.1. The lowest BCUT2D eigenvalue weighted by atomic mass is 9.93. The number of aromatic nitrogens is 1. The van der Waals surface area contributed by atoms with Crippen LogP contribution < -0.4 is 10.6 Å². The second kappa shape index (κ2) is 11.0. The van der Waals surface area contributed by atoms with Crippen LogP contribution in [0, 0.1) is 12.7 Å². The summed E-state index contributed by atoms with van der Waals surface area (Å²) in [5, 5.41) is 15.3. The van der Waals surface area contributed by atoms with Crippen molar-refractivity contribution in [1.82, 2.24) is 9.88 Å². The molecule has 8 heteroatoms. The summed E-state index contributed by atoms with van der Waals surface area (Å²) in [4.78, 5) is 39.6. The Balaban J connectivity index is 1.94. The summed E-state index contributed by atoms with van der Waals surface area (Å²) < 4.78 is 15.4. The molecule has 184 valence electrons. The molecular weight excluding hydrogens is 437 g/mol. The highest BCUT2D eigenvalue weighted by Gasteiger charge is 2.32. The van der Waals surface area contributed by atoms with Crippen molar-refractivity contribution < 1.29 is 23.9 Å². The van der Waals surface area contributed by atoms with Crippen molar-refractivity contribution in [3.8, 4) is 0 Å². The topological polar surface area (TPSA) is 100 Å². The Morgan fingerprint density at radius 1 is 1.09 bits per heavy atom. The van der Waals surface area contributed by atoms with Gasteiger partial charge in [0.15, 0.2) is 0 Å². The molecular formula is C26H34FN3O4. The maximum absolute atomic E-state index is 13.6. The third-order valence-electron chi connectivity index (χ3n) is 6.57. The fourth-order valence-corrected chi connectivity index (χ4v) is 4.81. The van der Waals surface area contributed by atoms with Gasteiger partial charge in [-0.15, -0.1) is 0 Å². The normalized spacial score (nSPS) is 17.9. The van der Waals surface area contributed by atoms with Gasteiger partial charge in [0, 0.05) is 24.0 Å². The van der Waals surface area contributed by atoms with Crippen LogP contribution in [0.3, 0.4) is 0 Å². The average Bonchev–Trinajstić information content (AvgIpc) is 3.15. The number of nitrogens with zero attached hydrogens (tertiary/aromatic N) is 1. The summed E-state index contributed by atoms with van der Waals surface area (Å²) in [5.74, 6) is -2.09. The molecule has 2 aromatic rings. The first-order chi connectivity index (χ1) is 16.2. The van der Waals surface area contributed by atoms with E-state index in [0.29, 0.717) is 73.1 Å². The molecule has 1 aromatic heterocycles. The van der Waals surface area contributed by atoms with Gasteiger partial charge in [-0.05, 0) is 81.7 Å². The van der Waals surface area contributed by atoms with Crippen LogP contribution in [-0.4, -0.2) is 39.4 Å². The number of benzene rings is 1. The number of Topliss-reactive ketones (excluding diaryl/α,β-unsaturated/α-hetero) is 1. The van der Waals surface area contributed by atoms with Crippen LogP contribution in [-0.2, 0) is 24.2 Å². The minimum Gasteiger partial charge on any atom is -0.393 e. The van der Waals surface area contributed by atoms with Gasteiger partial charge in [0.2, 0.25) is 0 Å². The van der Waals surface area contributed by atoms with E-state index in [-0.39, 0.29) is 29.6 Å². The van der Waals surface area contributed by atoms with E-state index in [9.17, 15) is 23.9 Å². The van der Waals surface area contributed by atoms with Crippen LogP contribution in [0.15, 0.2) is 18.2 Å². The molecule has 3 rings (SSSR count). The molecule has 0 atom stereocenters. The van der Waals surface area contributed by atoms with Crippen molar-refractivity contribution in [2.75, 3.05) is 5.32 Å². The summed E-state index contributed by atoms with van der Waals surface area (Å²) in [6.45, 7) is 7.69. The summed E-state index contributed by atoms with van der Waals surface area (Å²) in [6, 6.07) is 4.20. The summed E-state index contributed by atoms with van der Waals surface area (Å²) in [5.41, 5.74) is 2.74.